The second kappa shape index (κ2) is 2.90. The van der Waals surface area contributed by atoms with Crippen molar-refractivity contribution in [3.8, 4) is 0 Å². The smallest absolute Gasteiger partial charge is 0.396 e. The Bertz CT molecular complexity index is 247. The molecule has 7 heteroatoms. The second-order valence-electron chi connectivity index (χ2n) is 2.60. The number of carbonyl (C=O) groups is 2. The number of hydrogen-bond donors (Lipinski definition) is 1. The van der Waals surface area contributed by atoms with Gasteiger partial charge in [0.25, 0.3) is 0 Å². The van der Waals surface area contributed by atoms with Crippen molar-refractivity contribution in [1.29, 1.82) is 0 Å². The highest BCUT2D eigenvalue weighted by atomic mass is 19.4. The zero-order valence-corrected chi connectivity index (χ0v) is 6.17. The van der Waals surface area contributed by atoms with Crippen LogP contribution in [0.2, 0.25) is 0 Å². The average molecular weight is 198 g/mol. The van der Waals surface area contributed by atoms with E-state index < -0.39 is 36.6 Å². The second-order valence-corrected chi connectivity index (χ2v) is 2.60. The number of rotatable bonds is 1. The van der Waals surface area contributed by atoms with Gasteiger partial charge in [-0.1, -0.05) is 0 Å². The monoisotopic (exact) mass is 198 g/mol. The van der Waals surface area contributed by atoms with E-state index in [4.69, 9.17) is 5.11 Å². The fourth-order valence-corrected chi connectivity index (χ4v) is 1.07. The molecule has 0 aliphatic carbocycles. The fraction of sp³-hybridized carbons (Fsp3) is 0.667. The topological polar surface area (TPSA) is 63.6 Å². The van der Waals surface area contributed by atoms with Gasteiger partial charge in [0, 0.05) is 0 Å². The van der Waals surface area contributed by atoms with Crippen LogP contribution in [0.15, 0.2) is 0 Å². The molecule has 1 N–H and O–H groups in total. The van der Waals surface area contributed by atoms with Gasteiger partial charge in [-0.3, -0.25) is 4.79 Å². The van der Waals surface area contributed by atoms with E-state index in [1.807, 2.05) is 0 Å². The maximum atomic E-state index is 12.0. The Balaban J connectivity index is 2.84. The molecule has 0 amide bonds. The van der Waals surface area contributed by atoms with Gasteiger partial charge in [0.2, 0.25) is 6.10 Å². The van der Waals surface area contributed by atoms with Gasteiger partial charge in [-0.2, -0.15) is 13.2 Å². The number of carbonyl (C=O) groups excluding carboxylic acids is 1. The predicted molar refractivity (Wildman–Crippen MR) is 31.7 cm³/mol. The molecule has 1 rings (SSSR count). The summed E-state index contributed by atoms with van der Waals surface area (Å²) in [5.41, 5.74) is 0. The Morgan fingerprint density at radius 1 is 1.54 bits per heavy atom. The minimum atomic E-state index is -4.71. The number of aliphatic carboxylic acids is 1. The van der Waals surface area contributed by atoms with Crippen LogP contribution in [-0.4, -0.2) is 29.3 Å². The van der Waals surface area contributed by atoms with E-state index in [0.717, 1.165) is 0 Å². The molecule has 74 valence electrons. The van der Waals surface area contributed by atoms with Gasteiger partial charge in [0.05, 0.1) is 6.42 Å². The van der Waals surface area contributed by atoms with E-state index in [1.165, 1.54) is 0 Å². The van der Waals surface area contributed by atoms with Gasteiger partial charge in [0.1, 0.15) is 5.92 Å². The summed E-state index contributed by atoms with van der Waals surface area (Å²) >= 11 is 0. The molecule has 0 unspecified atom stereocenters. The van der Waals surface area contributed by atoms with Crippen LogP contribution < -0.4 is 0 Å². The van der Waals surface area contributed by atoms with Crippen LogP contribution in [0.5, 0.6) is 0 Å². The first-order chi connectivity index (χ1) is 5.82. The molecule has 0 aromatic carbocycles. The zero-order chi connectivity index (χ0) is 10.2. The lowest BCUT2D eigenvalue weighted by Crippen LogP contribution is -2.35. The number of ether oxygens (including phenoxy) is 1. The molecule has 1 fully saturated rings. The molecular formula is C6H5F3O4. The van der Waals surface area contributed by atoms with Gasteiger partial charge in [-0.15, -0.1) is 0 Å². The normalized spacial score (nSPS) is 28.7. The molecule has 1 aliphatic rings. The maximum absolute atomic E-state index is 12.0. The summed E-state index contributed by atoms with van der Waals surface area (Å²) in [6, 6.07) is 0. The maximum Gasteiger partial charge on any atom is 0.396 e. The molecule has 0 saturated carbocycles. The van der Waals surface area contributed by atoms with Crippen LogP contribution in [0, 0.1) is 5.92 Å². The summed E-state index contributed by atoms with van der Waals surface area (Å²) in [6.07, 6.45) is -7.72. The van der Waals surface area contributed by atoms with E-state index >= 15 is 0 Å². The van der Waals surface area contributed by atoms with E-state index in [9.17, 15) is 22.8 Å². The lowest BCUT2D eigenvalue weighted by Gasteiger charge is -2.15. The van der Waals surface area contributed by atoms with E-state index in [2.05, 4.69) is 4.74 Å². The summed E-state index contributed by atoms with van der Waals surface area (Å²) < 4.78 is 40.2. The van der Waals surface area contributed by atoms with Crippen molar-refractivity contribution in [2.24, 2.45) is 5.92 Å². The molecule has 0 aromatic heterocycles. The quantitative estimate of drug-likeness (QED) is 0.625. The molecule has 1 saturated heterocycles. The molecular weight excluding hydrogens is 193 g/mol. The largest absolute Gasteiger partial charge is 0.478 e. The number of carboxylic acids is 1. The summed E-state index contributed by atoms with van der Waals surface area (Å²) in [7, 11) is 0. The average Bonchev–Trinajstić information content (AvgIpc) is 2.29. The molecule has 0 spiro atoms. The standard InChI is InChI=1S/C6H5F3O4/c7-6(8,9)2-1-3(10)13-4(2)5(11)12/h2,4H,1H2,(H,11,12)/t2-,4-/m0/s1. The molecule has 4 nitrogen and oxygen atoms in total. The number of esters is 1. The minimum Gasteiger partial charge on any atom is -0.478 e. The number of alkyl halides is 3. The van der Waals surface area contributed by atoms with E-state index in [1.54, 1.807) is 0 Å². The van der Waals surface area contributed by atoms with Crippen molar-refractivity contribution in [2.75, 3.05) is 0 Å². The lowest BCUT2D eigenvalue weighted by molar-refractivity contribution is -0.195. The van der Waals surface area contributed by atoms with Crippen LogP contribution in [-0.2, 0) is 14.3 Å². The highest BCUT2D eigenvalue weighted by Crippen LogP contribution is 2.37. The van der Waals surface area contributed by atoms with Gasteiger partial charge in [-0.05, 0) is 0 Å². The molecule has 0 bridgehead atoms. The number of halogens is 3. The SMILES string of the molecule is O=C1C[C@H](C(F)(F)F)[C@@H](C(=O)O)O1. The van der Waals surface area contributed by atoms with Crippen molar-refractivity contribution in [1.82, 2.24) is 0 Å². The predicted octanol–water partition coefficient (Wildman–Crippen LogP) is 0.565. The molecule has 2 atom stereocenters. The minimum absolute atomic E-state index is 0.916. The lowest BCUT2D eigenvalue weighted by atomic mass is 10.0. The third-order valence-corrected chi connectivity index (χ3v) is 1.67. The number of carboxylic acid groups (broad SMARTS) is 1. The van der Waals surface area contributed by atoms with Crippen molar-refractivity contribution in [3.05, 3.63) is 0 Å². The van der Waals surface area contributed by atoms with Crippen LogP contribution in [0.3, 0.4) is 0 Å². The number of cyclic esters (lactones) is 1. The summed E-state index contributed by atoms with van der Waals surface area (Å²) in [4.78, 5) is 20.7. The first-order valence-corrected chi connectivity index (χ1v) is 3.31. The first kappa shape index (κ1) is 9.82. The Labute approximate surface area is 70.3 Å². The van der Waals surface area contributed by atoms with Crippen molar-refractivity contribution in [3.63, 3.8) is 0 Å². The van der Waals surface area contributed by atoms with Crippen LogP contribution >= 0.6 is 0 Å². The summed E-state index contributed by atoms with van der Waals surface area (Å²) in [6.45, 7) is 0. The molecule has 1 aliphatic heterocycles. The molecule has 0 radical (unpaired) electrons. The van der Waals surface area contributed by atoms with Gasteiger partial charge >= 0.3 is 18.1 Å². The van der Waals surface area contributed by atoms with Gasteiger partial charge in [0.15, 0.2) is 0 Å². The fourth-order valence-electron chi connectivity index (χ4n) is 1.07. The zero-order valence-electron chi connectivity index (χ0n) is 6.17. The van der Waals surface area contributed by atoms with E-state index in [0.29, 0.717) is 0 Å². The Kier molecular flexibility index (Phi) is 2.19. The van der Waals surface area contributed by atoms with Crippen molar-refractivity contribution in [2.45, 2.75) is 18.7 Å². The van der Waals surface area contributed by atoms with Crippen molar-refractivity contribution >= 4 is 11.9 Å². The van der Waals surface area contributed by atoms with Gasteiger partial charge < -0.3 is 9.84 Å². The Hall–Kier alpha value is -1.27. The van der Waals surface area contributed by atoms with Crippen LogP contribution in [0.4, 0.5) is 13.2 Å². The summed E-state index contributed by atoms with van der Waals surface area (Å²) in [5.74, 6) is -5.12. The van der Waals surface area contributed by atoms with Gasteiger partial charge in [-0.25, -0.2) is 4.79 Å². The van der Waals surface area contributed by atoms with Crippen LogP contribution in [0.25, 0.3) is 0 Å². The summed E-state index contributed by atoms with van der Waals surface area (Å²) in [5, 5.41) is 8.29. The highest BCUT2D eigenvalue weighted by Gasteiger charge is 2.54. The molecule has 1 heterocycles. The number of hydrogen-bond acceptors (Lipinski definition) is 3. The van der Waals surface area contributed by atoms with Crippen LogP contribution in [0.1, 0.15) is 6.42 Å². The third kappa shape index (κ3) is 1.90. The first-order valence-electron chi connectivity index (χ1n) is 3.31. The Morgan fingerprint density at radius 3 is 2.38 bits per heavy atom. The highest BCUT2D eigenvalue weighted by molar-refractivity contribution is 5.82. The van der Waals surface area contributed by atoms with Crippen molar-refractivity contribution < 1.29 is 32.6 Å². The van der Waals surface area contributed by atoms with E-state index in [-0.39, 0.29) is 0 Å². The molecule has 0 aromatic rings. The third-order valence-electron chi connectivity index (χ3n) is 1.67. The molecule has 13 heavy (non-hydrogen) atoms. The Morgan fingerprint density at radius 2 is 2.08 bits per heavy atom.